The highest BCUT2D eigenvalue weighted by atomic mass is 35.5. The van der Waals surface area contributed by atoms with E-state index in [1.165, 1.54) is 12.1 Å². The van der Waals surface area contributed by atoms with Gasteiger partial charge in [0, 0.05) is 6.42 Å². The Hall–Kier alpha value is -1.11. The van der Waals surface area contributed by atoms with Crippen LogP contribution in [0.5, 0.6) is 0 Å². The quantitative estimate of drug-likeness (QED) is 0.787. The summed E-state index contributed by atoms with van der Waals surface area (Å²) in [5, 5.41) is 1.26. The molecule has 0 aromatic heterocycles. The van der Waals surface area contributed by atoms with Gasteiger partial charge in [0.1, 0.15) is 9.65 Å². The second kappa shape index (κ2) is 7.77. The highest BCUT2D eigenvalue weighted by Gasteiger charge is 2.42. The van der Waals surface area contributed by atoms with Gasteiger partial charge in [0.2, 0.25) is 6.10 Å². The van der Waals surface area contributed by atoms with Crippen molar-refractivity contribution in [2.45, 2.75) is 18.7 Å². The number of ether oxygens (including phenoxy) is 1. The second-order valence-electron chi connectivity index (χ2n) is 3.82. The molecular weight excluding hydrogens is 353 g/mol. The molecule has 0 aliphatic carbocycles. The molecule has 0 saturated heterocycles. The molecule has 0 fully saturated rings. The Labute approximate surface area is 133 Å². The average Bonchev–Trinajstić information content (AvgIpc) is 2.37. The number of carbonyl (C=O) groups excluding carboxylic acids is 1. The summed E-state index contributed by atoms with van der Waals surface area (Å²) in [5.41, 5.74) is 0.365. The first-order valence-corrected chi connectivity index (χ1v) is 6.62. The van der Waals surface area contributed by atoms with E-state index in [0.717, 1.165) is 0 Å². The van der Waals surface area contributed by atoms with Crippen LogP contribution in [0.15, 0.2) is 40.0 Å². The van der Waals surface area contributed by atoms with Gasteiger partial charge in [0.25, 0.3) is 0 Å². The van der Waals surface area contributed by atoms with E-state index in [-0.39, 0.29) is 0 Å². The summed E-state index contributed by atoms with van der Waals surface area (Å²) in [6.07, 6.45) is -8.97. The van der Waals surface area contributed by atoms with Gasteiger partial charge in [0.05, 0.1) is 0 Å². The lowest BCUT2D eigenvalue weighted by atomic mass is 10.1. The van der Waals surface area contributed by atoms with Gasteiger partial charge in [-0.15, -0.1) is 0 Å². The first-order chi connectivity index (χ1) is 9.70. The van der Waals surface area contributed by atoms with E-state index < -0.39 is 34.4 Å². The molecule has 0 aliphatic heterocycles. The van der Waals surface area contributed by atoms with Crippen LogP contribution in [0, 0.1) is 0 Å². The standard InChI is InChI=1S/C12H9Cl3F3NO2/c13-9(14)10(15)19-11(20)21-8(12(16,17)18)6-7-4-2-1-3-5-7/h1-5,8H,6H2,(H,19,20). The molecule has 1 amide bonds. The molecule has 1 rings (SSSR count). The van der Waals surface area contributed by atoms with Crippen molar-refractivity contribution >= 4 is 40.9 Å². The molecule has 1 unspecified atom stereocenters. The minimum Gasteiger partial charge on any atom is -0.436 e. The molecule has 0 saturated carbocycles. The molecule has 9 heteroatoms. The summed E-state index contributed by atoms with van der Waals surface area (Å²) in [5.74, 6) is 0. The van der Waals surface area contributed by atoms with Crippen LogP contribution in [-0.2, 0) is 11.2 Å². The molecule has 1 aromatic carbocycles. The van der Waals surface area contributed by atoms with E-state index in [2.05, 4.69) is 4.74 Å². The third-order valence-electron chi connectivity index (χ3n) is 2.26. The lowest BCUT2D eigenvalue weighted by Gasteiger charge is -2.20. The molecule has 3 nitrogen and oxygen atoms in total. The van der Waals surface area contributed by atoms with Gasteiger partial charge in [-0.1, -0.05) is 65.1 Å². The number of carbonyl (C=O) groups is 1. The zero-order chi connectivity index (χ0) is 16.0. The zero-order valence-corrected chi connectivity index (χ0v) is 12.5. The minimum atomic E-state index is -4.73. The van der Waals surface area contributed by atoms with Crippen molar-refractivity contribution in [1.82, 2.24) is 5.32 Å². The normalized spacial score (nSPS) is 12.5. The molecule has 116 valence electrons. The van der Waals surface area contributed by atoms with Crippen molar-refractivity contribution in [1.29, 1.82) is 0 Å². The molecule has 0 bridgehead atoms. The largest absolute Gasteiger partial charge is 0.436 e. The summed E-state index contributed by atoms with van der Waals surface area (Å²) >= 11 is 15.9. The smallest absolute Gasteiger partial charge is 0.425 e. The Morgan fingerprint density at radius 1 is 1.19 bits per heavy atom. The molecular formula is C12H9Cl3F3NO2. The van der Waals surface area contributed by atoms with Crippen molar-refractivity contribution < 1.29 is 22.7 Å². The van der Waals surface area contributed by atoms with Crippen molar-refractivity contribution in [3.05, 3.63) is 45.5 Å². The second-order valence-corrected chi connectivity index (χ2v) is 5.15. The Morgan fingerprint density at radius 2 is 1.76 bits per heavy atom. The number of hydrogen-bond donors (Lipinski definition) is 1. The van der Waals surface area contributed by atoms with Crippen LogP contribution >= 0.6 is 34.8 Å². The number of alkyl halides is 3. The van der Waals surface area contributed by atoms with Gasteiger partial charge < -0.3 is 4.74 Å². The summed E-state index contributed by atoms with van der Waals surface area (Å²) in [4.78, 5) is 11.3. The van der Waals surface area contributed by atoms with Gasteiger partial charge >= 0.3 is 12.3 Å². The molecule has 1 aromatic rings. The molecule has 1 N–H and O–H groups in total. The fourth-order valence-corrected chi connectivity index (χ4v) is 1.52. The van der Waals surface area contributed by atoms with E-state index in [0.29, 0.717) is 5.56 Å². The van der Waals surface area contributed by atoms with Gasteiger partial charge in [-0.25, -0.2) is 4.79 Å². The lowest BCUT2D eigenvalue weighted by molar-refractivity contribution is -0.202. The van der Waals surface area contributed by atoms with Crippen LogP contribution in [0.3, 0.4) is 0 Å². The van der Waals surface area contributed by atoms with Crippen molar-refractivity contribution in [2.24, 2.45) is 0 Å². The maximum atomic E-state index is 12.9. The number of halogens is 6. The van der Waals surface area contributed by atoms with Gasteiger partial charge in [-0.2, -0.15) is 13.2 Å². The first-order valence-electron chi connectivity index (χ1n) is 5.49. The zero-order valence-electron chi connectivity index (χ0n) is 10.3. The SMILES string of the molecule is O=C(NC(Cl)=C(Cl)Cl)OC(Cc1ccccc1)C(F)(F)F. The molecule has 0 heterocycles. The van der Waals surface area contributed by atoms with Crippen LogP contribution in [-0.4, -0.2) is 18.4 Å². The van der Waals surface area contributed by atoms with E-state index in [1.807, 2.05) is 0 Å². The molecule has 1 atom stereocenters. The highest BCUT2D eigenvalue weighted by Crippen LogP contribution is 2.26. The number of nitrogens with one attached hydrogen (secondary N) is 1. The third-order valence-corrected chi connectivity index (χ3v) is 3.11. The predicted octanol–water partition coefficient (Wildman–Crippen LogP) is 4.73. The van der Waals surface area contributed by atoms with Crippen molar-refractivity contribution in [2.75, 3.05) is 0 Å². The number of rotatable bonds is 4. The van der Waals surface area contributed by atoms with E-state index >= 15 is 0 Å². The monoisotopic (exact) mass is 361 g/mol. The molecule has 0 radical (unpaired) electrons. The number of hydrogen-bond acceptors (Lipinski definition) is 2. The van der Waals surface area contributed by atoms with Crippen LogP contribution in [0.2, 0.25) is 0 Å². The van der Waals surface area contributed by atoms with Gasteiger partial charge in [0.15, 0.2) is 0 Å². The predicted molar refractivity (Wildman–Crippen MR) is 74.2 cm³/mol. The van der Waals surface area contributed by atoms with Crippen LogP contribution < -0.4 is 5.32 Å². The number of alkyl carbamates (subject to hydrolysis) is 1. The lowest BCUT2D eigenvalue weighted by Crippen LogP contribution is -2.38. The third kappa shape index (κ3) is 6.46. The number of benzene rings is 1. The summed E-state index contributed by atoms with van der Waals surface area (Å²) in [6.45, 7) is 0. The summed E-state index contributed by atoms with van der Waals surface area (Å²) < 4.78 is 42.4. The molecule has 0 spiro atoms. The van der Waals surface area contributed by atoms with Gasteiger partial charge in [-0.3, -0.25) is 5.32 Å². The van der Waals surface area contributed by atoms with E-state index in [4.69, 9.17) is 34.8 Å². The van der Waals surface area contributed by atoms with Crippen LogP contribution in [0.25, 0.3) is 0 Å². The topological polar surface area (TPSA) is 38.3 Å². The Kier molecular flexibility index (Phi) is 6.64. The Morgan fingerprint density at radius 3 is 2.24 bits per heavy atom. The summed E-state index contributed by atoms with van der Waals surface area (Å²) in [6, 6.07) is 7.79. The fraction of sp³-hybridized carbons (Fsp3) is 0.250. The number of amides is 1. The first kappa shape index (κ1) is 17.9. The van der Waals surface area contributed by atoms with Crippen molar-refractivity contribution in [3.8, 4) is 0 Å². The minimum absolute atomic E-state index is 0.365. The molecule has 21 heavy (non-hydrogen) atoms. The molecule has 0 aliphatic rings. The highest BCUT2D eigenvalue weighted by molar-refractivity contribution is 6.59. The van der Waals surface area contributed by atoms with Crippen LogP contribution in [0.4, 0.5) is 18.0 Å². The van der Waals surface area contributed by atoms with Crippen molar-refractivity contribution in [3.63, 3.8) is 0 Å². The van der Waals surface area contributed by atoms with Gasteiger partial charge in [-0.05, 0) is 5.56 Å². The van der Waals surface area contributed by atoms with E-state index in [9.17, 15) is 18.0 Å². The Bertz CT molecular complexity index is 516. The fourth-order valence-electron chi connectivity index (χ4n) is 1.35. The maximum Gasteiger partial charge on any atom is 0.425 e. The summed E-state index contributed by atoms with van der Waals surface area (Å²) in [7, 11) is 0. The van der Waals surface area contributed by atoms with Crippen LogP contribution in [0.1, 0.15) is 5.56 Å². The average molecular weight is 363 g/mol. The Balaban J connectivity index is 2.76. The van der Waals surface area contributed by atoms with E-state index in [1.54, 1.807) is 23.5 Å². The maximum absolute atomic E-state index is 12.9.